The first-order valence-corrected chi connectivity index (χ1v) is 4.30. The molecule has 0 spiro atoms. The average Bonchev–Trinajstić information content (AvgIpc) is 2.07. The Bertz CT molecular complexity index is 296. The standard InChI is InChI=1S/C10H12FN/c1-7-4-5-12-10-3-2-8(11)6-9(7)10/h2-3,6-7,12H,4-5H2,1H3/t7-/m0/s1. The largest absolute Gasteiger partial charge is 0.385 e. The fourth-order valence-corrected chi connectivity index (χ4v) is 1.68. The topological polar surface area (TPSA) is 12.0 Å². The van der Waals surface area contributed by atoms with E-state index in [0.717, 1.165) is 24.2 Å². The monoisotopic (exact) mass is 165 g/mol. The summed E-state index contributed by atoms with van der Waals surface area (Å²) in [5.41, 5.74) is 2.20. The second kappa shape index (κ2) is 2.77. The van der Waals surface area contributed by atoms with Crippen molar-refractivity contribution in [1.82, 2.24) is 0 Å². The molecule has 1 aromatic rings. The molecule has 0 saturated heterocycles. The van der Waals surface area contributed by atoms with Crippen LogP contribution < -0.4 is 5.32 Å². The maximum absolute atomic E-state index is 12.8. The summed E-state index contributed by atoms with van der Waals surface area (Å²) in [5.74, 6) is 0.348. The lowest BCUT2D eigenvalue weighted by molar-refractivity contribution is 0.614. The fraction of sp³-hybridized carbons (Fsp3) is 0.400. The highest BCUT2D eigenvalue weighted by molar-refractivity contribution is 5.54. The molecule has 0 radical (unpaired) electrons. The van der Waals surface area contributed by atoms with Gasteiger partial charge in [0.15, 0.2) is 0 Å². The quantitative estimate of drug-likeness (QED) is 0.623. The number of rotatable bonds is 0. The number of halogens is 1. The molecule has 1 aliphatic rings. The molecule has 1 N–H and O–H groups in total. The molecule has 0 amide bonds. The van der Waals surface area contributed by atoms with Gasteiger partial charge in [0.2, 0.25) is 0 Å². The van der Waals surface area contributed by atoms with Crippen LogP contribution in [0.15, 0.2) is 18.2 Å². The van der Waals surface area contributed by atoms with Gasteiger partial charge in [-0.25, -0.2) is 4.39 Å². The Labute approximate surface area is 71.6 Å². The van der Waals surface area contributed by atoms with Gasteiger partial charge < -0.3 is 5.32 Å². The highest BCUT2D eigenvalue weighted by Crippen LogP contribution is 2.31. The molecule has 0 bridgehead atoms. The summed E-state index contributed by atoms with van der Waals surface area (Å²) in [6.45, 7) is 3.14. The van der Waals surface area contributed by atoms with Gasteiger partial charge in [-0.15, -0.1) is 0 Å². The Balaban J connectivity index is 2.47. The van der Waals surface area contributed by atoms with Crippen LogP contribution in [-0.2, 0) is 0 Å². The van der Waals surface area contributed by atoms with Gasteiger partial charge in [-0.1, -0.05) is 6.92 Å². The predicted molar refractivity (Wildman–Crippen MR) is 47.9 cm³/mol. The second-order valence-electron chi connectivity index (χ2n) is 3.35. The van der Waals surface area contributed by atoms with Gasteiger partial charge in [-0.2, -0.15) is 0 Å². The van der Waals surface area contributed by atoms with E-state index in [2.05, 4.69) is 12.2 Å². The minimum Gasteiger partial charge on any atom is -0.385 e. The summed E-state index contributed by atoms with van der Waals surface area (Å²) in [4.78, 5) is 0. The maximum atomic E-state index is 12.8. The van der Waals surface area contributed by atoms with E-state index >= 15 is 0 Å². The first kappa shape index (κ1) is 7.59. The minimum atomic E-state index is -0.135. The molecule has 1 aliphatic heterocycles. The van der Waals surface area contributed by atoms with Crippen molar-refractivity contribution in [2.75, 3.05) is 11.9 Å². The maximum Gasteiger partial charge on any atom is 0.123 e. The van der Waals surface area contributed by atoms with Crippen LogP contribution in [0.4, 0.5) is 10.1 Å². The highest BCUT2D eigenvalue weighted by Gasteiger charge is 2.15. The fourth-order valence-electron chi connectivity index (χ4n) is 1.68. The molecular weight excluding hydrogens is 153 g/mol. The molecule has 12 heavy (non-hydrogen) atoms. The third-order valence-corrected chi connectivity index (χ3v) is 2.44. The summed E-state index contributed by atoms with van der Waals surface area (Å²) >= 11 is 0. The number of fused-ring (bicyclic) bond motifs is 1. The van der Waals surface area contributed by atoms with Crippen LogP contribution in [0.5, 0.6) is 0 Å². The third kappa shape index (κ3) is 1.17. The van der Waals surface area contributed by atoms with Crippen LogP contribution in [0.25, 0.3) is 0 Å². The van der Waals surface area contributed by atoms with Crippen molar-refractivity contribution in [2.45, 2.75) is 19.3 Å². The van der Waals surface area contributed by atoms with Crippen molar-refractivity contribution < 1.29 is 4.39 Å². The summed E-state index contributed by atoms with van der Waals surface area (Å²) in [6.07, 6.45) is 1.09. The SMILES string of the molecule is C[C@H]1CCNc2ccc(F)cc21. The molecule has 2 heteroatoms. The first-order chi connectivity index (χ1) is 5.77. The summed E-state index contributed by atoms with van der Waals surface area (Å²) in [5, 5.41) is 3.25. The van der Waals surface area contributed by atoms with Crippen molar-refractivity contribution in [2.24, 2.45) is 0 Å². The molecule has 1 atom stereocenters. The van der Waals surface area contributed by atoms with Crippen LogP contribution in [-0.4, -0.2) is 6.54 Å². The smallest absolute Gasteiger partial charge is 0.123 e. The molecular formula is C10H12FN. The minimum absolute atomic E-state index is 0.135. The molecule has 1 aromatic carbocycles. The number of benzene rings is 1. The lowest BCUT2D eigenvalue weighted by atomic mass is 9.93. The van der Waals surface area contributed by atoms with Gasteiger partial charge in [0.1, 0.15) is 5.82 Å². The van der Waals surface area contributed by atoms with Gasteiger partial charge in [0.25, 0.3) is 0 Å². The van der Waals surface area contributed by atoms with E-state index < -0.39 is 0 Å². The molecule has 0 unspecified atom stereocenters. The van der Waals surface area contributed by atoms with Crippen molar-refractivity contribution in [3.8, 4) is 0 Å². The van der Waals surface area contributed by atoms with E-state index in [4.69, 9.17) is 0 Å². The highest BCUT2D eigenvalue weighted by atomic mass is 19.1. The molecule has 2 rings (SSSR count). The van der Waals surface area contributed by atoms with E-state index in [1.54, 1.807) is 6.07 Å². The van der Waals surface area contributed by atoms with E-state index in [0.29, 0.717) is 5.92 Å². The van der Waals surface area contributed by atoms with Crippen LogP contribution in [0.1, 0.15) is 24.8 Å². The Hall–Kier alpha value is -1.05. The van der Waals surface area contributed by atoms with E-state index in [9.17, 15) is 4.39 Å². The zero-order valence-corrected chi connectivity index (χ0v) is 7.10. The lowest BCUT2D eigenvalue weighted by Gasteiger charge is -2.23. The number of anilines is 1. The molecule has 0 aromatic heterocycles. The van der Waals surface area contributed by atoms with Crippen molar-refractivity contribution in [3.05, 3.63) is 29.6 Å². The molecule has 64 valence electrons. The number of hydrogen-bond acceptors (Lipinski definition) is 1. The van der Waals surface area contributed by atoms with Crippen molar-refractivity contribution in [1.29, 1.82) is 0 Å². The molecule has 0 saturated carbocycles. The third-order valence-electron chi connectivity index (χ3n) is 2.44. The summed E-state index contributed by atoms with van der Waals surface area (Å²) < 4.78 is 12.8. The van der Waals surface area contributed by atoms with Crippen LogP contribution >= 0.6 is 0 Å². The number of nitrogens with one attached hydrogen (secondary N) is 1. The lowest BCUT2D eigenvalue weighted by Crippen LogP contribution is -2.14. The van der Waals surface area contributed by atoms with Gasteiger partial charge in [-0.05, 0) is 36.1 Å². The normalized spacial score (nSPS) is 21.3. The summed E-state index contributed by atoms with van der Waals surface area (Å²) in [7, 11) is 0. The Kier molecular flexibility index (Phi) is 1.75. The molecule has 1 heterocycles. The van der Waals surface area contributed by atoms with Crippen molar-refractivity contribution in [3.63, 3.8) is 0 Å². The summed E-state index contributed by atoms with van der Waals surface area (Å²) in [6, 6.07) is 4.95. The van der Waals surface area contributed by atoms with Crippen molar-refractivity contribution >= 4 is 5.69 Å². The van der Waals surface area contributed by atoms with Gasteiger partial charge in [-0.3, -0.25) is 0 Å². The predicted octanol–water partition coefficient (Wildman–Crippen LogP) is 2.74. The zero-order valence-electron chi connectivity index (χ0n) is 7.10. The van der Waals surface area contributed by atoms with E-state index in [1.165, 1.54) is 6.07 Å². The van der Waals surface area contributed by atoms with E-state index in [-0.39, 0.29) is 5.82 Å². The van der Waals surface area contributed by atoms with Crippen LogP contribution in [0, 0.1) is 5.82 Å². The van der Waals surface area contributed by atoms with Gasteiger partial charge >= 0.3 is 0 Å². The molecule has 0 aliphatic carbocycles. The number of hydrogen-bond donors (Lipinski definition) is 1. The average molecular weight is 165 g/mol. The molecule has 0 fully saturated rings. The zero-order chi connectivity index (χ0) is 8.55. The van der Waals surface area contributed by atoms with Crippen LogP contribution in [0.3, 0.4) is 0 Å². The van der Waals surface area contributed by atoms with E-state index in [1.807, 2.05) is 6.07 Å². The van der Waals surface area contributed by atoms with Gasteiger partial charge in [0.05, 0.1) is 0 Å². The Morgan fingerprint density at radius 3 is 3.17 bits per heavy atom. The molecule has 1 nitrogen and oxygen atoms in total. The van der Waals surface area contributed by atoms with Crippen LogP contribution in [0.2, 0.25) is 0 Å². The Morgan fingerprint density at radius 1 is 1.50 bits per heavy atom. The Morgan fingerprint density at radius 2 is 2.33 bits per heavy atom. The van der Waals surface area contributed by atoms with Gasteiger partial charge in [0, 0.05) is 12.2 Å². The second-order valence-corrected chi connectivity index (χ2v) is 3.35. The first-order valence-electron chi connectivity index (χ1n) is 4.30.